The number of benzene rings is 1. The molecule has 0 spiro atoms. The molecule has 1 aliphatic heterocycles. The number of hydrogen-bond donors (Lipinski definition) is 0. The molecule has 20 heavy (non-hydrogen) atoms. The first-order valence-corrected chi connectivity index (χ1v) is 5.85. The van der Waals surface area contributed by atoms with Gasteiger partial charge in [0.1, 0.15) is 12.4 Å². The van der Waals surface area contributed by atoms with Crippen LogP contribution in [-0.2, 0) is 0 Å². The fraction of sp³-hybridized carbons (Fsp3) is 0.0769. The number of hydrogen-bond acceptors (Lipinski definition) is 6. The molecule has 3 aromatic rings. The second-order valence-electron chi connectivity index (χ2n) is 4.19. The van der Waals surface area contributed by atoms with E-state index in [0.717, 1.165) is 10.8 Å². The predicted molar refractivity (Wildman–Crippen MR) is 67.5 cm³/mol. The first-order valence-electron chi connectivity index (χ1n) is 5.85. The largest absolute Gasteiger partial charge is 0.454 e. The lowest BCUT2D eigenvalue weighted by Gasteiger charge is -2.06. The molecule has 4 rings (SSSR count). The molecule has 0 saturated heterocycles. The second kappa shape index (κ2) is 3.93. The van der Waals surface area contributed by atoms with Crippen LogP contribution in [-0.4, -0.2) is 26.5 Å². The molecule has 0 atom stereocenters. The van der Waals surface area contributed by atoms with Crippen LogP contribution in [0.2, 0.25) is 0 Å². The zero-order chi connectivity index (χ0) is 13.5. The first kappa shape index (κ1) is 10.8. The van der Waals surface area contributed by atoms with E-state index in [9.17, 15) is 0 Å². The molecule has 0 amide bonds. The fourth-order valence-corrected chi connectivity index (χ4v) is 2.15. The normalized spacial score (nSPS) is 12.6. The summed E-state index contributed by atoms with van der Waals surface area (Å²) in [4.78, 5) is 8.19. The van der Waals surface area contributed by atoms with Gasteiger partial charge in [0.2, 0.25) is 6.79 Å². The third-order valence-electron chi connectivity index (χ3n) is 3.05. The monoisotopic (exact) mass is 265 g/mol. The van der Waals surface area contributed by atoms with E-state index in [4.69, 9.17) is 14.7 Å². The van der Waals surface area contributed by atoms with Gasteiger partial charge in [0.25, 0.3) is 5.82 Å². The molecule has 1 aliphatic rings. The highest BCUT2D eigenvalue weighted by atomic mass is 16.7. The van der Waals surface area contributed by atoms with Gasteiger partial charge in [-0.3, -0.25) is 0 Å². The van der Waals surface area contributed by atoms with Crippen molar-refractivity contribution in [2.45, 2.75) is 0 Å². The van der Waals surface area contributed by atoms with Crippen LogP contribution in [0.4, 0.5) is 0 Å². The van der Waals surface area contributed by atoms with Crippen molar-refractivity contribution in [2.75, 3.05) is 6.79 Å². The number of nitriles is 1. The molecule has 7 heteroatoms. The Morgan fingerprint density at radius 1 is 1.20 bits per heavy atom. The van der Waals surface area contributed by atoms with Gasteiger partial charge in [-0.2, -0.15) is 5.26 Å². The molecular weight excluding hydrogens is 258 g/mol. The average molecular weight is 265 g/mol. The summed E-state index contributed by atoms with van der Waals surface area (Å²) in [7, 11) is 0. The summed E-state index contributed by atoms with van der Waals surface area (Å²) < 4.78 is 12.2. The number of aromatic nitrogens is 4. The SMILES string of the molecule is N#Cc1ncn(-c2nccc3cc4c(cc23)OCO4)n1. The average Bonchev–Trinajstić information content (AvgIpc) is 3.12. The molecule has 0 radical (unpaired) electrons. The number of rotatable bonds is 1. The van der Waals surface area contributed by atoms with E-state index in [0.29, 0.717) is 17.3 Å². The zero-order valence-electron chi connectivity index (χ0n) is 10.1. The Labute approximate surface area is 113 Å². The molecule has 1 aromatic carbocycles. The van der Waals surface area contributed by atoms with Crippen molar-refractivity contribution in [3.8, 4) is 23.4 Å². The van der Waals surface area contributed by atoms with Crippen LogP contribution in [0.25, 0.3) is 16.6 Å². The Kier molecular flexibility index (Phi) is 2.11. The summed E-state index contributed by atoms with van der Waals surface area (Å²) in [6.45, 7) is 0.219. The van der Waals surface area contributed by atoms with Crippen molar-refractivity contribution in [2.24, 2.45) is 0 Å². The van der Waals surface area contributed by atoms with Crippen molar-refractivity contribution < 1.29 is 9.47 Å². The maximum absolute atomic E-state index is 8.79. The lowest BCUT2D eigenvalue weighted by Crippen LogP contribution is -1.99. The molecule has 7 nitrogen and oxygen atoms in total. The standard InChI is InChI=1S/C13H7N5O2/c14-5-12-16-6-18(17-12)13-9-4-11-10(19-7-20-11)3-8(9)1-2-15-13/h1-4,6H,7H2. The smallest absolute Gasteiger partial charge is 0.252 e. The van der Waals surface area contributed by atoms with Crippen LogP contribution in [0.15, 0.2) is 30.7 Å². The van der Waals surface area contributed by atoms with Gasteiger partial charge in [0.15, 0.2) is 17.3 Å². The van der Waals surface area contributed by atoms with Gasteiger partial charge in [-0.05, 0) is 23.6 Å². The number of ether oxygens (including phenoxy) is 2. The number of pyridine rings is 1. The Balaban J connectivity index is 1.98. The minimum absolute atomic E-state index is 0.101. The van der Waals surface area contributed by atoms with E-state index < -0.39 is 0 Å². The van der Waals surface area contributed by atoms with Crippen LogP contribution in [0, 0.1) is 11.3 Å². The zero-order valence-corrected chi connectivity index (χ0v) is 10.1. The quantitative estimate of drug-likeness (QED) is 0.661. The van der Waals surface area contributed by atoms with Gasteiger partial charge >= 0.3 is 0 Å². The third-order valence-corrected chi connectivity index (χ3v) is 3.05. The lowest BCUT2D eigenvalue weighted by atomic mass is 10.1. The highest BCUT2D eigenvalue weighted by Gasteiger charge is 2.17. The lowest BCUT2D eigenvalue weighted by molar-refractivity contribution is 0.174. The maximum Gasteiger partial charge on any atom is 0.252 e. The van der Waals surface area contributed by atoms with Crippen molar-refractivity contribution >= 4 is 10.8 Å². The molecule has 0 bridgehead atoms. The molecule has 0 fully saturated rings. The van der Waals surface area contributed by atoms with E-state index in [2.05, 4.69) is 15.1 Å². The molecule has 0 aliphatic carbocycles. The van der Waals surface area contributed by atoms with Crippen molar-refractivity contribution in [3.63, 3.8) is 0 Å². The Morgan fingerprint density at radius 2 is 2.05 bits per heavy atom. The van der Waals surface area contributed by atoms with Gasteiger partial charge in [0.05, 0.1) is 0 Å². The summed E-state index contributed by atoms with van der Waals surface area (Å²) in [5.41, 5.74) is 0. The van der Waals surface area contributed by atoms with Gasteiger partial charge < -0.3 is 9.47 Å². The summed E-state index contributed by atoms with van der Waals surface area (Å²) in [6.07, 6.45) is 3.14. The number of fused-ring (bicyclic) bond motifs is 2. The summed E-state index contributed by atoms with van der Waals surface area (Å²) in [6, 6.07) is 7.52. The molecular formula is C13H7N5O2. The minimum atomic E-state index is 0.101. The van der Waals surface area contributed by atoms with E-state index in [1.807, 2.05) is 24.3 Å². The van der Waals surface area contributed by atoms with E-state index in [1.165, 1.54) is 11.0 Å². The van der Waals surface area contributed by atoms with Gasteiger partial charge in [0, 0.05) is 11.6 Å². The Bertz CT molecular complexity index is 865. The van der Waals surface area contributed by atoms with E-state index >= 15 is 0 Å². The van der Waals surface area contributed by atoms with Gasteiger partial charge in [-0.1, -0.05) is 0 Å². The van der Waals surface area contributed by atoms with E-state index in [-0.39, 0.29) is 12.6 Å². The summed E-state index contributed by atoms with van der Waals surface area (Å²) >= 11 is 0. The molecule has 2 aromatic heterocycles. The molecule has 3 heterocycles. The van der Waals surface area contributed by atoms with Crippen LogP contribution >= 0.6 is 0 Å². The van der Waals surface area contributed by atoms with E-state index in [1.54, 1.807) is 6.20 Å². The van der Waals surface area contributed by atoms with Crippen molar-refractivity contribution in [1.29, 1.82) is 5.26 Å². The van der Waals surface area contributed by atoms with Crippen LogP contribution in [0.3, 0.4) is 0 Å². The second-order valence-corrected chi connectivity index (χ2v) is 4.19. The van der Waals surface area contributed by atoms with Crippen molar-refractivity contribution in [3.05, 3.63) is 36.5 Å². The summed E-state index contributed by atoms with van der Waals surface area (Å²) in [5, 5.41) is 14.7. The van der Waals surface area contributed by atoms with Crippen LogP contribution < -0.4 is 9.47 Å². The first-order chi connectivity index (χ1) is 9.85. The topological polar surface area (TPSA) is 85.9 Å². The Morgan fingerprint density at radius 3 is 2.85 bits per heavy atom. The molecule has 96 valence electrons. The van der Waals surface area contributed by atoms with Gasteiger partial charge in [-0.15, -0.1) is 5.10 Å². The number of nitrogens with zero attached hydrogens (tertiary/aromatic N) is 5. The van der Waals surface area contributed by atoms with Crippen LogP contribution in [0.5, 0.6) is 11.5 Å². The summed E-state index contributed by atoms with van der Waals surface area (Å²) in [5.74, 6) is 2.08. The highest BCUT2D eigenvalue weighted by molar-refractivity contribution is 5.91. The van der Waals surface area contributed by atoms with Gasteiger partial charge in [-0.25, -0.2) is 14.6 Å². The predicted octanol–water partition coefficient (Wildman–Crippen LogP) is 1.42. The van der Waals surface area contributed by atoms with Crippen molar-refractivity contribution in [1.82, 2.24) is 19.7 Å². The third kappa shape index (κ3) is 1.48. The fourth-order valence-electron chi connectivity index (χ4n) is 2.15. The van der Waals surface area contributed by atoms with Crippen LogP contribution in [0.1, 0.15) is 5.82 Å². The highest BCUT2D eigenvalue weighted by Crippen LogP contribution is 2.37. The molecule has 0 unspecified atom stereocenters. The molecule has 0 N–H and O–H groups in total. The Hall–Kier alpha value is -3.14. The molecule has 0 saturated carbocycles. The maximum atomic E-state index is 8.79. The minimum Gasteiger partial charge on any atom is -0.454 e.